The van der Waals surface area contributed by atoms with Gasteiger partial charge in [0.2, 0.25) is 5.91 Å². The lowest BCUT2D eigenvalue weighted by atomic mass is 10.1. The third-order valence-electron chi connectivity index (χ3n) is 4.00. The van der Waals surface area contributed by atoms with Crippen LogP contribution in [-0.2, 0) is 30.2 Å². The number of rotatable bonds is 3. The van der Waals surface area contributed by atoms with Crippen molar-refractivity contribution in [2.24, 2.45) is 0 Å². The van der Waals surface area contributed by atoms with Crippen molar-refractivity contribution in [3.8, 4) is 0 Å². The Hall–Kier alpha value is -2.30. The number of anilines is 1. The van der Waals surface area contributed by atoms with Gasteiger partial charge in [-0.3, -0.25) is 4.79 Å². The smallest absolute Gasteiger partial charge is 0.326 e. The summed E-state index contributed by atoms with van der Waals surface area (Å²) in [5, 5.41) is 2.76. The minimum atomic E-state index is -4.40. The predicted octanol–water partition coefficient (Wildman–Crippen LogP) is 4.38. The molecule has 2 nitrogen and oxygen atoms in total. The predicted molar refractivity (Wildman–Crippen MR) is 82.2 cm³/mol. The van der Waals surface area contributed by atoms with Crippen LogP contribution in [0.25, 0.3) is 0 Å². The van der Waals surface area contributed by atoms with Crippen LogP contribution in [0, 0.1) is 0 Å². The Morgan fingerprint density at radius 3 is 2.61 bits per heavy atom. The van der Waals surface area contributed by atoms with Gasteiger partial charge in [0.1, 0.15) is 0 Å². The van der Waals surface area contributed by atoms with E-state index in [-0.39, 0.29) is 12.3 Å². The van der Waals surface area contributed by atoms with E-state index >= 15 is 0 Å². The maximum absolute atomic E-state index is 12.7. The summed E-state index contributed by atoms with van der Waals surface area (Å²) in [6.07, 6.45) is -1.29. The summed E-state index contributed by atoms with van der Waals surface area (Å²) < 4.78 is 38.0. The molecule has 0 aromatic heterocycles. The second-order valence-electron chi connectivity index (χ2n) is 5.76. The van der Waals surface area contributed by atoms with Crippen molar-refractivity contribution in [2.45, 2.75) is 31.9 Å². The molecule has 0 bridgehead atoms. The zero-order chi connectivity index (χ0) is 16.4. The number of hydrogen-bond donors (Lipinski definition) is 1. The molecule has 0 atom stereocenters. The second kappa shape index (κ2) is 6.07. The molecule has 0 fully saturated rings. The molecule has 5 heteroatoms. The van der Waals surface area contributed by atoms with Crippen LogP contribution in [-0.4, -0.2) is 5.91 Å². The number of hydrogen-bond acceptors (Lipinski definition) is 1. The van der Waals surface area contributed by atoms with Crippen LogP contribution < -0.4 is 5.32 Å². The highest BCUT2D eigenvalue weighted by molar-refractivity contribution is 5.92. The number of halogens is 3. The minimum Gasteiger partial charge on any atom is -0.326 e. The third kappa shape index (κ3) is 3.73. The van der Waals surface area contributed by atoms with Gasteiger partial charge >= 0.3 is 6.18 Å². The number of aryl methyl sites for hydroxylation is 2. The zero-order valence-corrected chi connectivity index (χ0v) is 12.4. The first-order chi connectivity index (χ1) is 10.9. The Kier molecular flexibility index (Phi) is 4.11. The molecule has 2 aromatic carbocycles. The van der Waals surface area contributed by atoms with Gasteiger partial charge in [-0.15, -0.1) is 0 Å². The van der Waals surface area contributed by atoms with Crippen molar-refractivity contribution in [1.29, 1.82) is 0 Å². The molecule has 0 radical (unpaired) electrons. The topological polar surface area (TPSA) is 29.1 Å². The van der Waals surface area contributed by atoms with Gasteiger partial charge in [-0.05, 0) is 54.2 Å². The molecule has 0 saturated carbocycles. The maximum atomic E-state index is 12.7. The SMILES string of the molecule is O=C(Cc1cccc(C(F)(F)F)c1)Nc1ccc2c(c1)CCC2. The number of alkyl halides is 3. The van der Waals surface area contributed by atoms with E-state index in [9.17, 15) is 18.0 Å². The molecule has 1 N–H and O–H groups in total. The van der Waals surface area contributed by atoms with Crippen LogP contribution in [0.3, 0.4) is 0 Å². The highest BCUT2D eigenvalue weighted by atomic mass is 19.4. The van der Waals surface area contributed by atoms with Gasteiger partial charge < -0.3 is 5.32 Å². The molecule has 0 unspecified atom stereocenters. The van der Waals surface area contributed by atoms with Gasteiger partial charge in [0.15, 0.2) is 0 Å². The van der Waals surface area contributed by atoms with Crippen molar-refractivity contribution in [3.63, 3.8) is 0 Å². The lowest BCUT2D eigenvalue weighted by Gasteiger charge is -2.10. The summed E-state index contributed by atoms with van der Waals surface area (Å²) in [6.45, 7) is 0. The number of fused-ring (bicyclic) bond motifs is 1. The number of amides is 1. The summed E-state index contributed by atoms with van der Waals surface area (Å²) in [7, 11) is 0. The summed E-state index contributed by atoms with van der Waals surface area (Å²) >= 11 is 0. The number of nitrogens with one attached hydrogen (secondary N) is 1. The van der Waals surface area contributed by atoms with Crippen LogP contribution in [0.5, 0.6) is 0 Å². The number of carbonyl (C=O) groups excluding carboxylic acids is 1. The molecule has 1 aliphatic rings. The first-order valence-electron chi connectivity index (χ1n) is 7.49. The first-order valence-corrected chi connectivity index (χ1v) is 7.49. The average molecular weight is 319 g/mol. The molecule has 2 aromatic rings. The van der Waals surface area contributed by atoms with Crippen molar-refractivity contribution in [2.75, 3.05) is 5.32 Å². The summed E-state index contributed by atoms with van der Waals surface area (Å²) in [5.74, 6) is -0.317. The van der Waals surface area contributed by atoms with Crippen LogP contribution in [0.1, 0.15) is 28.7 Å². The molecule has 120 valence electrons. The standard InChI is InChI=1S/C18H16F3NO/c19-18(20,21)15-6-1-3-12(9-15)10-17(23)22-16-8-7-13-4-2-5-14(13)11-16/h1,3,6-9,11H,2,4-5,10H2,(H,22,23). The quantitative estimate of drug-likeness (QED) is 0.894. The Morgan fingerprint density at radius 1 is 1.04 bits per heavy atom. The fourth-order valence-electron chi connectivity index (χ4n) is 2.90. The third-order valence-corrected chi connectivity index (χ3v) is 4.00. The lowest BCUT2D eigenvalue weighted by Crippen LogP contribution is -2.15. The molecule has 0 saturated heterocycles. The Morgan fingerprint density at radius 2 is 1.83 bits per heavy atom. The number of carbonyl (C=O) groups is 1. The van der Waals surface area contributed by atoms with Gasteiger partial charge in [-0.25, -0.2) is 0 Å². The molecule has 0 aliphatic heterocycles. The Balaban J connectivity index is 1.68. The average Bonchev–Trinajstić information content (AvgIpc) is 2.94. The van der Waals surface area contributed by atoms with Crippen LogP contribution in [0.4, 0.5) is 18.9 Å². The largest absolute Gasteiger partial charge is 0.416 e. The van der Waals surface area contributed by atoms with E-state index in [1.54, 1.807) is 0 Å². The zero-order valence-electron chi connectivity index (χ0n) is 12.4. The highest BCUT2D eigenvalue weighted by Gasteiger charge is 2.30. The van der Waals surface area contributed by atoms with Crippen LogP contribution >= 0.6 is 0 Å². The van der Waals surface area contributed by atoms with E-state index in [4.69, 9.17) is 0 Å². The summed E-state index contributed by atoms with van der Waals surface area (Å²) in [6, 6.07) is 10.7. The highest BCUT2D eigenvalue weighted by Crippen LogP contribution is 2.29. The fraction of sp³-hybridized carbons (Fsp3) is 0.278. The van der Waals surface area contributed by atoms with Gasteiger partial charge in [-0.2, -0.15) is 13.2 Å². The molecule has 1 amide bonds. The Bertz CT molecular complexity index is 737. The molecule has 1 aliphatic carbocycles. The van der Waals surface area contributed by atoms with Crippen LogP contribution in [0.2, 0.25) is 0 Å². The molecule has 23 heavy (non-hydrogen) atoms. The van der Waals surface area contributed by atoms with Crippen molar-refractivity contribution in [1.82, 2.24) is 0 Å². The van der Waals surface area contributed by atoms with E-state index in [0.29, 0.717) is 11.3 Å². The molecule has 3 rings (SSSR count). The minimum absolute atomic E-state index is 0.0823. The van der Waals surface area contributed by atoms with Crippen LogP contribution in [0.15, 0.2) is 42.5 Å². The van der Waals surface area contributed by atoms with E-state index < -0.39 is 11.7 Å². The van der Waals surface area contributed by atoms with Gasteiger partial charge in [0, 0.05) is 5.69 Å². The molecular weight excluding hydrogens is 303 g/mol. The van der Waals surface area contributed by atoms with E-state index in [0.717, 1.165) is 31.4 Å². The van der Waals surface area contributed by atoms with E-state index in [2.05, 4.69) is 5.32 Å². The lowest BCUT2D eigenvalue weighted by molar-refractivity contribution is -0.137. The van der Waals surface area contributed by atoms with E-state index in [1.807, 2.05) is 18.2 Å². The fourth-order valence-corrected chi connectivity index (χ4v) is 2.90. The van der Waals surface area contributed by atoms with Gasteiger partial charge in [0.25, 0.3) is 0 Å². The Labute approximate surface area is 132 Å². The molecular formula is C18H16F3NO. The van der Waals surface area contributed by atoms with E-state index in [1.165, 1.54) is 23.3 Å². The number of benzene rings is 2. The summed E-state index contributed by atoms with van der Waals surface area (Å²) in [4.78, 5) is 12.1. The van der Waals surface area contributed by atoms with Crippen molar-refractivity contribution >= 4 is 11.6 Å². The first kappa shape index (κ1) is 15.6. The van der Waals surface area contributed by atoms with Crippen molar-refractivity contribution in [3.05, 3.63) is 64.7 Å². The molecule has 0 heterocycles. The van der Waals surface area contributed by atoms with Crippen molar-refractivity contribution < 1.29 is 18.0 Å². The maximum Gasteiger partial charge on any atom is 0.416 e. The summed E-state index contributed by atoms with van der Waals surface area (Å²) in [5.41, 5.74) is 2.85. The monoisotopic (exact) mass is 319 g/mol. The van der Waals surface area contributed by atoms with Gasteiger partial charge in [-0.1, -0.05) is 24.3 Å². The van der Waals surface area contributed by atoms with Gasteiger partial charge in [0.05, 0.1) is 12.0 Å². The molecule has 0 spiro atoms. The second-order valence-corrected chi connectivity index (χ2v) is 5.76. The normalized spacial score (nSPS) is 13.7.